The number of aliphatic hydroxyl groups is 2. The molecule has 0 fully saturated rings. The molecule has 0 aliphatic carbocycles. The summed E-state index contributed by atoms with van der Waals surface area (Å²) in [6.07, 6.45) is -1.13. The van der Waals surface area contributed by atoms with Crippen molar-refractivity contribution in [1.29, 1.82) is 0 Å². The van der Waals surface area contributed by atoms with Gasteiger partial charge in [-0.3, -0.25) is 4.79 Å². The summed E-state index contributed by atoms with van der Waals surface area (Å²) in [6, 6.07) is -0.492. The third-order valence-corrected chi connectivity index (χ3v) is 3.01. The zero-order chi connectivity index (χ0) is 17.8. The summed E-state index contributed by atoms with van der Waals surface area (Å²) in [4.78, 5) is 21.7. The van der Waals surface area contributed by atoms with E-state index in [1.54, 1.807) is 6.92 Å². The molecule has 0 aromatic heterocycles. The van der Waals surface area contributed by atoms with Crippen molar-refractivity contribution in [1.82, 2.24) is 0 Å². The number of hydrogen-bond donors (Lipinski definition) is 3. The molecule has 0 heterocycles. The number of aliphatic hydroxyl groups excluding tert-OH is 2. The van der Waals surface area contributed by atoms with E-state index in [0.29, 0.717) is 25.9 Å². The van der Waals surface area contributed by atoms with Crippen molar-refractivity contribution in [2.24, 2.45) is 5.73 Å². The Labute approximate surface area is 136 Å². The summed E-state index contributed by atoms with van der Waals surface area (Å²) in [5.74, 6) is -0.399. The molecule has 0 spiro atoms. The van der Waals surface area contributed by atoms with E-state index in [-0.39, 0.29) is 12.4 Å². The predicted octanol–water partition coefficient (Wildman–Crippen LogP) is -0.263. The van der Waals surface area contributed by atoms with Crippen LogP contribution in [0.1, 0.15) is 40.0 Å². The number of carbonyl (C=O) groups excluding carboxylic acids is 2. The van der Waals surface area contributed by atoms with Gasteiger partial charge in [0.2, 0.25) is 0 Å². The molecule has 0 amide bonds. The van der Waals surface area contributed by atoms with Gasteiger partial charge in [0.05, 0.1) is 12.6 Å². The topological polar surface area (TPSA) is 128 Å². The van der Waals surface area contributed by atoms with Crippen LogP contribution in [-0.4, -0.2) is 66.3 Å². The lowest BCUT2D eigenvalue weighted by Gasteiger charge is -2.29. The fourth-order valence-electron chi connectivity index (χ4n) is 1.72. The lowest BCUT2D eigenvalue weighted by Crippen LogP contribution is -2.45. The third kappa shape index (κ3) is 11.2. The van der Waals surface area contributed by atoms with E-state index in [0.717, 1.165) is 0 Å². The molecule has 0 saturated heterocycles. The number of rotatable bonds is 13. The van der Waals surface area contributed by atoms with Crippen molar-refractivity contribution in [3.8, 4) is 0 Å². The van der Waals surface area contributed by atoms with Crippen LogP contribution in [-0.2, 0) is 23.8 Å². The highest BCUT2D eigenvalue weighted by Gasteiger charge is 2.27. The second-order valence-corrected chi connectivity index (χ2v) is 5.48. The third-order valence-electron chi connectivity index (χ3n) is 3.01. The van der Waals surface area contributed by atoms with Crippen molar-refractivity contribution in [2.45, 2.75) is 64.6 Å². The molecule has 0 rings (SSSR count). The van der Waals surface area contributed by atoms with E-state index in [9.17, 15) is 14.7 Å². The van der Waals surface area contributed by atoms with Gasteiger partial charge in [-0.15, -0.1) is 0 Å². The molecular formula is C15H29NO7. The van der Waals surface area contributed by atoms with Gasteiger partial charge in [-0.2, -0.15) is 0 Å². The molecule has 4 atom stereocenters. The molecule has 4 N–H and O–H groups in total. The highest BCUT2D eigenvalue weighted by atomic mass is 16.7. The highest BCUT2D eigenvalue weighted by Crippen LogP contribution is 2.10. The standard InChI is InChI=1S/C15H29NO7/c1-10(18)6-4-5-7-21-15(11(2)16)23-14(13(20)8-17)9-22-12(3)19/h11,13-15,17,20H,4-9,16H2,1-3H3/t11-,13+,14?,15+/m0/s1. The number of unbranched alkanes of at least 4 members (excludes halogenated alkanes) is 1. The average Bonchev–Trinajstić information content (AvgIpc) is 2.47. The first kappa shape index (κ1) is 21.9. The van der Waals surface area contributed by atoms with E-state index >= 15 is 0 Å². The van der Waals surface area contributed by atoms with Crippen molar-refractivity contribution < 1.29 is 34.0 Å². The van der Waals surface area contributed by atoms with Gasteiger partial charge >= 0.3 is 5.97 Å². The smallest absolute Gasteiger partial charge is 0.302 e. The van der Waals surface area contributed by atoms with Crippen molar-refractivity contribution in [3.63, 3.8) is 0 Å². The van der Waals surface area contributed by atoms with Crippen LogP contribution in [0.5, 0.6) is 0 Å². The van der Waals surface area contributed by atoms with Crippen molar-refractivity contribution in [3.05, 3.63) is 0 Å². The first-order valence-corrected chi connectivity index (χ1v) is 7.72. The van der Waals surface area contributed by atoms with Gasteiger partial charge in [-0.25, -0.2) is 0 Å². The summed E-state index contributed by atoms with van der Waals surface area (Å²) in [5.41, 5.74) is 5.79. The summed E-state index contributed by atoms with van der Waals surface area (Å²) < 4.78 is 15.9. The van der Waals surface area contributed by atoms with Crippen LogP contribution in [0.2, 0.25) is 0 Å². The fraction of sp³-hybridized carbons (Fsp3) is 0.867. The minimum atomic E-state index is -1.23. The molecule has 8 heteroatoms. The number of esters is 1. The summed E-state index contributed by atoms with van der Waals surface area (Å²) in [6.45, 7) is 4.02. The zero-order valence-electron chi connectivity index (χ0n) is 14.1. The summed E-state index contributed by atoms with van der Waals surface area (Å²) >= 11 is 0. The second-order valence-electron chi connectivity index (χ2n) is 5.48. The lowest BCUT2D eigenvalue weighted by molar-refractivity contribution is -0.214. The maximum Gasteiger partial charge on any atom is 0.302 e. The Morgan fingerprint density at radius 2 is 1.87 bits per heavy atom. The van der Waals surface area contributed by atoms with Crippen LogP contribution < -0.4 is 5.73 Å². The van der Waals surface area contributed by atoms with Gasteiger partial charge in [0.25, 0.3) is 0 Å². The van der Waals surface area contributed by atoms with Crippen LogP contribution in [0.15, 0.2) is 0 Å². The molecule has 0 aliphatic heterocycles. The molecule has 8 nitrogen and oxygen atoms in total. The Bertz CT molecular complexity index is 349. The monoisotopic (exact) mass is 335 g/mol. The Morgan fingerprint density at radius 3 is 2.35 bits per heavy atom. The maximum absolute atomic E-state index is 10.9. The Kier molecular flexibility index (Phi) is 11.8. The Hall–Kier alpha value is -1.06. The average molecular weight is 335 g/mol. The number of ketones is 1. The van der Waals surface area contributed by atoms with Gasteiger partial charge in [0.15, 0.2) is 6.29 Å². The van der Waals surface area contributed by atoms with Gasteiger partial charge < -0.3 is 35.0 Å². The van der Waals surface area contributed by atoms with E-state index in [1.165, 1.54) is 13.8 Å². The van der Waals surface area contributed by atoms with Crippen molar-refractivity contribution >= 4 is 11.8 Å². The first-order chi connectivity index (χ1) is 10.8. The molecule has 0 radical (unpaired) electrons. The largest absolute Gasteiger partial charge is 0.463 e. The summed E-state index contributed by atoms with van der Waals surface area (Å²) in [7, 11) is 0. The minimum absolute atomic E-state index is 0.123. The van der Waals surface area contributed by atoms with E-state index in [1.807, 2.05) is 0 Å². The van der Waals surface area contributed by atoms with Gasteiger partial charge in [-0.1, -0.05) is 0 Å². The molecule has 0 aliphatic rings. The highest BCUT2D eigenvalue weighted by molar-refractivity contribution is 5.75. The van der Waals surface area contributed by atoms with Gasteiger partial charge in [-0.05, 0) is 26.7 Å². The quantitative estimate of drug-likeness (QED) is 0.238. The summed E-state index contributed by atoms with van der Waals surface area (Å²) in [5, 5.41) is 18.8. The van der Waals surface area contributed by atoms with E-state index in [4.69, 9.17) is 25.1 Å². The molecule has 23 heavy (non-hydrogen) atoms. The first-order valence-electron chi connectivity index (χ1n) is 7.72. The van der Waals surface area contributed by atoms with E-state index in [2.05, 4.69) is 0 Å². The molecule has 136 valence electrons. The number of Topliss-reactive ketones (excluding diaryl/α,β-unsaturated/α-hetero) is 1. The second kappa shape index (κ2) is 12.4. The SMILES string of the molecule is CC(=O)CCCCO[C@H](OC(COC(C)=O)[C@H](O)CO)[C@H](C)N. The zero-order valence-corrected chi connectivity index (χ0v) is 14.1. The molecule has 0 saturated carbocycles. The van der Waals surface area contributed by atoms with Crippen LogP contribution in [0.25, 0.3) is 0 Å². The predicted molar refractivity (Wildman–Crippen MR) is 82.5 cm³/mol. The van der Waals surface area contributed by atoms with E-state index < -0.39 is 37.1 Å². The lowest BCUT2D eigenvalue weighted by atomic mass is 10.2. The Balaban J connectivity index is 4.41. The number of hydrogen-bond acceptors (Lipinski definition) is 8. The number of nitrogens with two attached hydrogens (primary N) is 1. The molecule has 1 unspecified atom stereocenters. The normalized spacial score (nSPS) is 16.4. The van der Waals surface area contributed by atoms with Gasteiger partial charge in [0, 0.05) is 20.0 Å². The number of ether oxygens (including phenoxy) is 3. The van der Waals surface area contributed by atoms with Crippen LogP contribution >= 0.6 is 0 Å². The minimum Gasteiger partial charge on any atom is -0.463 e. The number of carbonyl (C=O) groups is 2. The van der Waals surface area contributed by atoms with Crippen LogP contribution in [0.4, 0.5) is 0 Å². The van der Waals surface area contributed by atoms with Crippen LogP contribution in [0.3, 0.4) is 0 Å². The van der Waals surface area contributed by atoms with Crippen LogP contribution in [0, 0.1) is 0 Å². The molecular weight excluding hydrogens is 306 g/mol. The Morgan fingerprint density at radius 1 is 1.22 bits per heavy atom. The van der Waals surface area contributed by atoms with Crippen molar-refractivity contribution in [2.75, 3.05) is 19.8 Å². The molecule has 0 bridgehead atoms. The van der Waals surface area contributed by atoms with Gasteiger partial charge in [0.1, 0.15) is 24.6 Å². The fourth-order valence-corrected chi connectivity index (χ4v) is 1.72. The molecule has 0 aromatic carbocycles. The maximum atomic E-state index is 10.9. The molecule has 0 aromatic rings.